The molecule has 0 spiro atoms. The summed E-state index contributed by atoms with van der Waals surface area (Å²) in [5.41, 5.74) is 14.0. The van der Waals surface area contributed by atoms with E-state index in [9.17, 15) is 0 Å². The van der Waals surface area contributed by atoms with Crippen molar-refractivity contribution in [3.8, 4) is 66.8 Å². The van der Waals surface area contributed by atoms with Crippen LogP contribution < -0.4 is 0 Å². The third-order valence-electron chi connectivity index (χ3n) is 7.88. The number of hydrogen-bond donors (Lipinski definition) is 0. The SMILES string of the molecule is Clc1cc(-c2ccccc2)cc(-c2cccc(-c3cc(-c4ccccc4)cc(-c4cccc(-c5ccccc5)c4)c3)c2)c1. The smallest absolute Gasteiger partial charge is 0.0418 e. The maximum absolute atomic E-state index is 6.64. The molecule has 204 valence electrons. The van der Waals surface area contributed by atoms with Gasteiger partial charge in [0.25, 0.3) is 0 Å². The summed E-state index contributed by atoms with van der Waals surface area (Å²) in [6, 6.07) is 62.4. The Bertz CT molecular complexity index is 2010. The molecule has 0 nitrogen and oxygen atoms in total. The van der Waals surface area contributed by atoms with Gasteiger partial charge in [-0.1, -0.05) is 139 Å². The average Bonchev–Trinajstić information content (AvgIpc) is 3.09. The fraction of sp³-hybridized carbons (Fsp3) is 0. The van der Waals surface area contributed by atoms with Crippen LogP contribution in [0.3, 0.4) is 0 Å². The van der Waals surface area contributed by atoms with Gasteiger partial charge in [-0.25, -0.2) is 0 Å². The van der Waals surface area contributed by atoms with Gasteiger partial charge in [-0.15, -0.1) is 0 Å². The Morgan fingerprint density at radius 3 is 0.837 bits per heavy atom. The topological polar surface area (TPSA) is 0 Å². The highest BCUT2D eigenvalue weighted by atomic mass is 35.5. The predicted molar refractivity (Wildman–Crippen MR) is 184 cm³/mol. The van der Waals surface area contributed by atoms with Crippen molar-refractivity contribution in [3.05, 3.63) is 181 Å². The Morgan fingerprint density at radius 1 is 0.209 bits per heavy atom. The Morgan fingerprint density at radius 2 is 0.442 bits per heavy atom. The molecule has 7 aromatic carbocycles. The Kier molecular flexibility index (Phi) is 7.44. The lowest BCUT2D eigenvalue weighted by atomic mass is 9.91. The lowest BCUT2D eigenvalue weighted by Crippen LogP contribution is -1.88. The molecule has 0 amide bonds. The lowest BCUT2D eigenvalue weighted by molar-refractivity contribution is 1.55. The Balaban J connectivity index is 1.34. The second-order valence-electron chi connectivity index (χ2n) is 10.8. The van der Waals surface area contributed by atoms with E-state index in [0.717, 1.165) is 32.8 Å². The molecule has 0 aromatic heterocycles. The van der Waals surface area contributed by atoms with Crippen LogP contribution in [0.25, 0.3) is 66.8 Å². The van der Waals surface area contributed by atoms with Gasteiger partial charge in [0.05, 0.1) is 0 Å². The van der Waals surface area contributed by atoms with Crippen molar-refractivity contribution >= 4 is 11.6 Å². The zero-order chi connectivity index (χ0) is 29.0. The van der Waals surface area contributed by atoms with Crippen LogP contribution in [0.15, 0.2) is 176 Å². The highest BCUT2D eigenvalue weighted by Gasteiger charge is 2.11. The van der Waals surface area contributed by atoms with Gasteiger partial charge in [0, 0.05) is 5.02 Å². The lowest BCUT2D eigenvalue weighted by Gasteiger charge is -2.14. The molecule has 0 unspecified atom stereocenters. The van der Waals surface area contributed by atoms with Crippen molar-refractivity contribution < 1.29 is 0 Å². The fourth-order valence-electron chi connectivity index (χ4n) is 5.70. The standard InChI is InChI=1S/C42H29Cl/c43-42-28-40(32-16-8-3-9-17-32)27-41(29-42)36-21-11-20-35(23-36)39-25-37(31-14-6-2-7-15-31)24-38(26-39)34-19-10-18-33(22-34)30-12-4-1-5-13-30/h1-29H. The first-order chi connectivity index (χ1) is 21.2. The number of rotatable bonds is 6. The minimum Gasteiger partial charge on any atom is -0.0843 e. The van der Waals surface area contributed by atoms with Gasteiger partial charge in [0.15, 0.2) is 0 Å². The highest BCUT2D eigenvalue weighted by Crippen LogP contribution is 2.37. The molecule has 0 aliphatic heterocycles. The van der Waals surface area contributed by atoms with Crippen LogP contribution in [0.1, 0.15) is 0 Å². The van der Waals surface area contributed by atoms with Crippen LogP contribution >= 0.6 is 11.6 Å². The molecular formula is C42H29Cl. The molecule has 0 fully saturated rings. The molecule has 0 saturated carbocycles. The van der Waals surface area contributed by atoms with E-state index in [1.165, 1.54) is 38.9 Å². The van der Waals surface area contributed by atoms with E-state index in [4.69, 9.17) is 11.6 Å². The van der Waals surface area contributed by atoms with Crippen molar-refractivity contribution in [2.45, 2.75) is 0 Å². The quantitative estimate of drug-likeness (QED) is 0.187. The fourth-order valence-corrected chi connectivity index (χ4v) is 5.93. The summed E-state index contributed by atoms with van der Waals surface area (Å²) in [5.74, 6) is 0. The van der Waals surface area contributed by atoms with Gasteiger partial charge in [-0.05, 0) is 115 Å². The summed E-state index contributed by atoms with van der Waals surface area (Å²) < 4.78 is 0. The van der Waals surface area contributed by atoms with Crippen LogP contribution in [0.4, 0.5) is 0 Å². The van der Waals surface area contributed by atoms with Crippen molar-refractivity contribution in [1.82, 2.24) is 0 Å². The van der Waals surface area contributed by atoms with Gasteiger partial charge in [-0.2, -0.15) is 0 Å². The molecule has 0 N–H and O–H groups in total. The summed E-state index contributed by atoms with van der Waals surface area (Å²) >= 11 is 6.64. The van der Waals surface area contributed by atoms with E-state index in [0.29, 0.717) is 0 Å². The number of hydrogen-bond acceptors (Lipinski definition) is 0. The molecule has 0 atom stereocenters. The zero-order valence-corrected chi connectivity index (χ0v) is 24.4. The molecule has 0 bridgehead atoms. The molecule has 1 heteroatoms. The van der Waals surface area contributed by atoms with Gasteiger partial charge in [0.1, 0.15) is 0 Å². The van der Waals surface area contributed by atoms with Crippen LogP contribution in [0, 0.1) is 0 Å². The van der Waals surface area contributed by atoms with Crippen LogP contribution in [-0.4, -0.2) is 0 Å². The van der Waals surface area contributed by atoms with Crippen molar-refractivity contribution in [2.75, 3.05) is 0 Å². The summed E-state index contributed by atoms with van der Waals surface area (Å²) in [6.45, 7) is 0. The van der Waals surface area contributed by atoms with E-state index in [1.54, 1.807) is 0 Å². The maximum Gasteiger partial charge on any atom is 0.0418 e. The summed E-state index contributed by atoms with van der Waals surface area (Å²) in [5, 5.41) is 0.730. The minimum atomic E-state index is 0.730. The van der Waals surface area contributed by atoms with Crippen molar-refractivity contribution in [3.63, 3.8) is 0 Å². The van der Waals surface area contributed by atoms with E-state index in [1.807, 2.05) is 18.2 Å². The minimum absolute atomic E-state index is 0.730. The molecule has 0 saturated heterocycles. The molecule has 0 aliphatic rings. The highest BCUT2D eigenvalue weighted by molar-refractivity contribution is 6.31. The van der Waals surface area contributed by atoms with E-state index >= 15 is 0 Å². The number of benzene rings is 7. The second kappa shape index (κ2) is 12.0. The Hall–Kier alpha value is -5.17. The Labute approximate surface area is 258 Å². The molecule has 0 radical (unpaired) electrons. The van der Waals surface area contributed by atoms with Crippen LogP contribution in [0.5, 0.6) is 0 Å². The monoisotopic (exact) mass is 568 g/mol. The normalized spacial score (nSPS) is 10.9. The molecule has 0 aliphatic carbocycles. The van der Waals surface area contributed by atoms with Crippen LogP contribution in [0.2, 0.25) is 5.02 Å². The third kappa shape index (κ3) is 5.93. The maximum atomic E-state index is 6.64. The van der Waals surface area contributed by atoms with E-state index < -0.39 is 0 Å². The van der Waals surface area contributed by atoms with Crippen molar-refractivity contribution in [2.24, 2.45) is 0 Å². The molecule has 43 heavy (non-hydrogen) atoms. The first kappa shape index (κ1) is 26.7. The summed E-state index contributed by atoms with van der Waals surface area (Å²) in [4.78, 5) is 0. The number of halogens is 1. The third-order valence-corrected chi connectivity index (χ3v) is 8.10. The zero-order valence-electron chi connectivity index (χ0n) is 23.6. The molecule has 7 aromatic rings. The van der Waals surface area contributed by atoms with Gasteiger partial charge < -0.3 is 0 Å². The van der Waals surface area contributed by atoms with E-state index in [-0.39, 0.29) is 0 Å². The molecule has 0 heterocycles. The average molecular weight is 569 g/mol. The van der Waals surface area contributed by atoms with Gasteiger partial charge in [-0.3, -0.25) is 0 Å². The molecule has 7 rings (SSSR count). The van der Waals surface area contributed by atoms with Crippen LogP contribution in [-0.2, 0) is 0 Å². The molecular weight excluding hydrogens is 540 g/mol. The second-order valence-corrected chi connectivity index (χ2v) is 11.2. The largest absolute Gasteiger partial charge is 0.0843 e. The van der Waals surface area contributed by atoms with Crippen molar-refractivity contribution in [1.29, 1.82) is 0 Å². The van der Waals surface area contributed by atoms with Gasteiger partial charge >= 0.3 is 0 Å². The van der Waals surface area contributed by atoms with Gasteiger partial charge in [0.2, 0.25) is 0 Å². The summed E-state index contributed by atoms with van der Waals surface area (Å²) in [7, 11) is 0. The predicted octanol–water partition coefficient (Wildman–Crippen LogP) is 12.3. The first-order valence-electron chi connectivity index (χ1n) is 14.5. The van der Waals surface area contributed by atoms with E-state index in [2.05, 4.69) is 158 Å². The first-order valence-corrected chi connectivity index (χ1v) is 14.9. The summed E-state index contributed by atoms with van der Waals surface area (Å²) in [6.07, 6.45) is 0.